The van der Waals surface area contributed by atoms with Crippen molar-refractivity contribution in [3.05, 3.63) is 59.2 Å². The highest BCUT2D eigenvalue weighted by molar-refractivity contribution is 5.75. The van der Waals surface area contributed by atoms with E-state index < -0.39 is 6.10 Å². The van der Waals surface area contributed by atoms with Crippen LogP contribution in [0.5, 0.6) is 11.5 Å². The maximum absolute atomic E-state index is 9.95. The number of nitrogens with two attached hydrogens (primary N) is 2. The SMILES string of the molecule is N=C(N)N1CCC(Oc2ccc(C(CO)Oc3ccc4c(c3)CN(C(=N)N)CC4)cc2)CC1. The molecule has 2 aliphatic heterocycles. The smallest absolute Gasteiger partial charge is 0.188 e. The Balaban J connectivity index is 1.37. The summed E-state index contributed by atoms with van der Waals surface area (Å²) in [5, 5.41) is 25.2. The lowest BCUT2D eigenvalue weighted by Crippen LogP contribution is -2.44. The van der Waals surface area contributed by atoms with Crippen LogP contribution in [0.15, 0.2) is 42.5 Å². The Morgan fingerprint density at radius 2 is 1.61 bits per heavy atom. The van der Waals surface area contributed by atoms with E-state index >= 15 is 0 Å². The van der Waals surface area contributed by atoms with Crippen molar-refractivity contribution in [3.63, 3.8) is 0 Å². The standard InChI is InChI=1S/C24H32N6O3/c25-23(26)29-11-8-20(9-12-29)32-19-4-2-17(3-5-19)22(15-31)33-21-6-1-16-7-10-30(24(27)28)14-18(16)13-21/h1-6,13,20,22,31H,7-12,14-15H2,(H3,25,26)(H3,27,28). The first-order valence-corrected chi connectivity index (χ1v) is 11.3. The number of likely N-dealkylation sites (tertiary alicyclic amines) is 1. The molecule has 0 radical (unpaired) electrons. The molecule has 7 N–H and O–H groups in total. The molecule has 1 fully saturated rings. The van der Waals surface area contributed by atoms with E-state index in [0.717, 1.165) is 55.8 Å². The molecule has 0 spiro atoms. The van der Waals surface area contributed by atoms with Crippen molar-refractivity contribution in [1.82, 2.24) is 9.80 Å². The zero-order chi connectivity index (χ0) is 23.4. The number of hydrogen-bond acceptors (Lipinski definition) is 5. The maximum atomic E-state index is 9.95. The number of guanidine groups is 2. The summed E-state index contributed by atoms with van der Waals surface area (Å²) in [5.74, 6) is 1.64. The molecular formula is C24H32N6O3. The molecule has 0 amide bonds. The number of fused-ring (bicyclic) bond motifs is 1. The van der Waals surface area contributed by atoms with Crippen molar-refractivity contribution in [2.45, 2.75) is 38.0 Å². The summed E-state index contributed by atoms with van der Waals surface area (Å²) in [6.07, 6.45) is 2.09. The molecular weight excluding hydrogens is 420 g/mol. The Hall–Kier alpha value is -3.46. The van der Waals surface area contributed by atoms with Gasteiger partial charge < -0.3 is 35.8 Å². The zero-order valence-corrected chi connectivity index (χ0v) is 18.7. The minimum absolute atomic E-state index is 0.0759. The summed E-state index contributed by atoms with van der Waals surface area (Å²) in [5.41, 5.74) is 14.4. The van der Waals surface area contributed by atoms with Crippen LogP contribution in [-0.2, 0) is 13.0 Å². The van der Waals surface area contributed by atoms with E-state index in [0.29, 0.717) is 12.3 Å². The highest BCUT2D eigenvalue weighted by Crippen LogP contribution is 2.28. The summed E-state index contributed by atoms with van der Waals surface area (Å²) in [6, 6.07) is 13.6. The number of nitrogens with zero attached hydrogens (tertiary/aromatic N) is 2. The van der Waals surface area contributed by atoms with Gasteiger partial charge in [-0.05, 0) is 47.4 Å². The molecule has 2 aromatic carbocycles. The number of piperidine rings is 1. The number of aliphatic hydroxyl groups is 1. The first kappa shape index (κ1) is 22.7. The van der Waals surface area contributed by atoms with E-state index in [2.05, 4.69) is 0 Å². The molecule has 9 nitrogen and oxygen atoms in total. The highest BCUT2D eigenvalue weighted by atomic mass is 16.5. The molecule has 4 rings (SSSR count). The van der Waals surface area contributed by atoms with E-state index in [4.69, 9.17) is 31.8 Å². The van der Waals surface area contributed by atoms with Crippen molar-refractivity contribution < 1.29 is 14.6 Å². The lowest BCUT2D eigenvalue weighted by Gasteiger charge is -2.32. The van der Waals surface area contributed by atoms with E-state index in [9.17, 15) is 5.11 Å². The van der Waals surface area contributed by atoms with Gasteiger partial charge in [-0.25, -0.2) is 0 Å². The van der Waals surface area contributed by atoms with Crippen molar-refractivity contribution in [1.29, 1.82) is 10.8 Å². The molecule has 2 aliphatic rings. The molecule has 1 atom stereocenters. The van der Waals surface area contributed by atoms with Gasteiger partial charge >= 0.3 is 0 Å². The summed E-state index contributed by atoms with van der Waals surface area (Å²) in [7, 11) is 0. The number of aliphatic hydroxyl groups excluding tert-OH is 1. The second-order valence-electron chi connectivity index (χ2n) is 8.53. The van der Waals surface area contributed by atoms with E-state index in [1.54, 1.807) is 0 Å². The molecule has 0 aromatic heterocycles. The molecule has 0 aliphatic carbocycles. The highest BCUT2D eigenvalue weighted by Gasteiger charge is 2.22. The Bertz CT molecular complexity index is 988. The average molecular weight is 453 g/mol. The largest absolute Gasteiger partial charge is 0.490 e. The number of rotatable bonds is 6. The number of hydrogen-bond donors (Lipinski definition) is 5. The number of benzene rings is 2. The Kier molecular flexibility index (Phi) is 6.88. The quantitative estimate of drug-likeness (QED) is 0.332. The molecule has 0 bridgehead atoms. The molecule has 1 saturated heterocycles. The van der Waals surface area contributed by atoms with Crippen molar-refractivity contribution in [2.24, 2.45) is 11.5 Å². The minimum Gasteiger partial charge on any atom is -0.490 e. The Labute approximate surface area is 193 Å². The van der Waals surface area contributed by atoms with Crippen molar-refractivity contribution in [3.8, 4) is 11.5 Å². The number of ether oxygens (including phenoxy) is 2. The lowest BCUT2D eigenvalue weighted by molar-refractivity contribution is 0.115. The molecule has 2 aromatic rings. The molecule has 1 unspecified atom stereocenters. The third-order valence-corrected chi connectivity index (χ3v) is 6.31. The molecule has 176 valence electrons. The summed E-state index contributed by atoms with van der Waals surface area (Å²) < 4.78 is 12.2. The van der Waals surface area contributed by atoms with Crippen LogP contribution in [0, 0.1) is 10.8 Å². The van der Waals surface area contributed by atoms with Gasteiger partial charge in [0.1, 0.15) is 23.7 Å². The van der Waals surface area contributed by atoms with Crippen LogP contribution in [0.1, 0.15) is 35.6 Å². The topological polar surface area (TPSA) is 145 Å². The fourth-order valence-corrected chi connectivity index (χ4v) is 4.36. The van der Waals surface area contributed by atoms with Crippen LogP contribution in [0.3, 0.4) is 0 Å². The summed E-state index contributed by atoms with van der Waals surface area (Å²) in [4.78, 5) is 3.68. The second kappa shape index (κ2) is 9.99. The van der Waals surface area contributed by atoms with Gasteiger partial charge in [0.2, 0.25) is 0 Å². The predicted octanol–water partition coefficient (Wildman–Crippen LogP) is 1.79. The minimum atomic E-state index is -0.497. The molecule has 2 heterocycles. The monoisotopic (exact) mass is 452 g/mol. The summed E-state index contributed by atoms with van der Waals surface area (Å²) >= 11 is 0. The molecule has 33 heavy (non-hydrogen) atoms. The lowest BCUT2D eigenvalue weighted by atomic mass is 9.99. The maximum Gasteiger partial charge on any atom is 0.188 e. The zero-order valence-electron chi connectivity index (χ0n) is 18.7. The van der Waals surface area contributed by atoms with E-state index in [1.165, 1.54) is 5.56 Å². The van der Waals surface area contributed by atoms with Crippen LogP contribution in [-0.4, -0.2) is 59.2 Å². The first-order valence-electron chi connectivity index (χ1n) is 11.3. The van der Waals surface area contributed by atoms with Gasteiger partial charge in [-0.3, -0.25) is 10.8 Å². The average Bonchev–Trinajstić information content (AvgIpc) is 2.83. The van der Waals surface area contributed by atoms with Crippen LogP contribution >= 0.6 is 0 Å². The van der Waals surface area contributed by atoms with Gasteiger partial charge in [0.05, 0.1) is 6.61 Å². The summed E-state index contributed by atoms with van der Waals surface area (Å²) in [6.45, 7) is 2.63. The van der Waals surface area contributed by atoms with Gasteiger partial charge in [-0.15, -0.1) is 0 Å². The third kappa shape index (κ3) is 5.48. The Morgan fingerprint density at radius 3 is 2.24 bits per heavy atom. The fraction of sp³-hybridized carbons (Fsp3) is 0.417. The van der Waals surface area contributed by atoms with Gasteiger partial charge in [0, 0.05) is 39.0 Å². The second-order valence-corrected chi connectivity index (χ2v) is 8.53. The van der Waals surface area contributed by atoms with Crippen LogP contribution in [0.2, 0.25) is 0 Å². The molecule has 9 heteroatoms. The van der Waals surface area contributed by atoms with Crippen molar-refractivity contribution in [2.75, 3.05) is 26.2 Å². The van der Waals surface area contributed by atoms with Crippen LogP contribution in [0.25, 0.3) is 0 Å². The van der Waals surface area contributed by atoms with Crippen molar-refractivity contribution >= 4 is 11.9 Å². The normalized spacial score (nSPS) is 17.2. The van der Waals surface area contributed by atoms with Gasteiger partial charge in [-0.2, -0.15) is 0 Å². The van der Waals surface area contributed by atoms with Gasteiger partial charge in [0.25, 0.3) is 0 Å². The Morgan fingerprint density at radius 1 is 0.939 bits per heavy atom. The van der Waals surface area contributed by atoms with E-state index in [-0.39, 0.29) is 24.6 Å². The molecule has 0 saturated carbocycles. The van der Waals surface area contributed by atoms with E-state index in [1.807, 2.05) is 52.3 Å². The predicted molar refractivity (Wildman–Crippen MR) is 127 cm³/mol. The third-order valence-electron chi connectivity index (χ3n) is 6.31. The first-order chi connectivity index (χ1) is 15.9. The van der Waals surface area contributed by atoms with Crippen LogP contribution < -0.4 is 20.9 Å². The van der Waals surface area contributed by atoms with Gasteiger partial charge in [0.15, 0.2) is 11.9 Å². The number of nitrogens with one attached hydrogen (secondary N) is 2. The fourth-order valence-electron chi connectivity index (χ4n) is 4.36. The van der Waals surface area contributed by atoms with Crippen LogP contribution in [0.4, 0.5) is 0 Å². The van der Waals surface area contributed by atoms with Gasteiger partial charge in [-0.1, -0.05) is 18.2 Å².